The monoisotopic (exact) mass is 211 g/mol. The van der Waals surface area contributed by atoms with Gasteiger partial charge in [-0.25, -0.2) is 0 Å². The molecule has 0 aromatic rings. The Morgan fingerprint density at radius 1 is 1.60 bits per heavy atom. The van der Waals surface area contributed by atoms with Crippen LogP contribution in [0.15, 0.2) is 0 Å². The number of ether oxygens (including phenoxy) is 1. The molecule has 0 aromatic carbocycles. The Hall–Kier alpha value is -0.630. The molecule has 0 spiro atoms. The fourth-order valence-electron chi connectivity index (χ4n) is 1.85. The lowest BCUT2D eigenvalue weighted by atomic mass is 10.2. The van der Waals surface area contributed by atoms with Crippen molar-refractivity contribution in [2.24, 2.45) is 0 Å². The molecule has 4 heteroatoms. The largest absolute Gasteiger partial charge is 0.374 e. The van der Waals surface area contributed by atoms with E-state index in [1.165, 1.54) is 0 Å². The molecule has 0 aliphatic carbocycles. The third-order valence-corrected chi connectivity index (χ3v) is 2.76. The average Bonchev–Trinajstić information content (AvgIpc) is 2.18. The maximum Gasteiger partial charge on any atom is 0.0864 e. The number of morpholine rings is 1. The van der Waals surface area contributed by atoms with Crippen LogP contribution >= 0.6 is 0 Å². The van der Waals surface area contributed by atoms with Crippen molar-refractivity contribution in [2.75, 3.05) is 39.8 Å². The van der Waals surface area contributed by atoms with Crippen LogP contribution in [0, 0.1) is 11.3 Å². The van der Waals surface area contributed by atoms with Crippen molar-refractivity contribution in [3.63, 3.8) is 0 Å². The van der Waals surface area contributed by atoms with Gasteiger partial charge in [0.2, 0.25) is 0 Å². The van der Waals surface area contributed by atoms with E-state index >= 15 is 0 Å². The van der Waals surface area contributed by atoms with Crippen LogP contribution in [0.4, 0.5) is 0 Å². The number of nitriles is 1. The molecule has 0 amide bonds. The Bertz CT molecular complexity index is 224. The Morgan fingerprint density at radius 3 is 2.93 bits per heavy atom. The third kappa shape index (κ3) is 4.17. The van der Waals surface area contributed by atoms with Crippen LogP contribution in [-0.2, 0) is 4.74 Å². The molecule has 86 valence electrons. The van der Waals surface area contributed by atoms with Crippen molar-refractivity contribution in [3.05, 3.63) is 0 Å². The zero-order valence-corrected chi connectivity index (χ0v) is 9.94. The van der Waals surface area contributed by atoms with Gasteiger partial charge in [0.05, 0.1) is 25.3 Å². The standard InChI is InChI=1S/C11H21N3O/c1-10(2)14-6-7-15-11(9-14)8-13(3)5-4-12/h10-11H,5-9H2,1-3H3. The van der Waals surface area contributed by atoms with Crippen LogP contribution in [0.5, 0.6) is 0 Å². The molecule has 1 aliphatic heterocycles. The first kappa shape index (κ1) is 12.4. The maximum absolute atomic E-state index is 8.56. The van der Waals surface area contributed by atoms with E-state index in [2.05, 4.69) is 24.8 Å². The smallest absolute Gasteiger partial charge is 0.0864 e. The first-order valence-corrected chi connectivity index (χ1v) is 5.54. The normalized spacial score (nSPS) is 23.3. The second-order valence-electron chi connectivity index (χ2n) is 4.44. The maximum atomic E-state index is 8.56. The lowest BCUT2D eigenvalue weighted by Crippen LogP contribution is -2.49. The van der Waals surface area contributed by atoms with E-state index in [1.54, 1.807) is 0 Å². The molecule has 15 heavy (non-hydrogen) atoms. The number of hydrogen-bond donors (Lipinski definition) is 0. The number of hydrogen-bond acceptors (Lipinski definition) is 4. The fourth-order valence-corrected chi connectivity index (χ4v) is 1.85. The molecule has 1 atom stereocenters. The minimum absolute atomic E-state index is 0.250. The first-order chi connectivity index (χ1) is 7.13. The van der Waals surface area contributed by atoms with Crippen LogP contribution in [-0.4, -0.2) is 61.8 Å². The van der Waals surface area contributed by atoms with Gasteiger partial charge in [0.25, 0.3) is 0 Å². The Balaban J connectivity index is 2.33. The molecule has 0 radical (unpaired) electrons. The van der Waals surface area contributed by atoms with Crippen LogP contribution in [0.3, 0.4) is 0 Å². The van der Waals surface area contributed by atoms with Gasteiger partial charge < -0.3 is 4.74 Å². The van der Waals surface area contributed by atoms with E-state index in [0.717, 1.165) is 26.2 Å². The van der Waals surface area contributed by atoms with E-state index < -0.39 is 0 Å². The first-order valence-electron chi connectivity index (χ1n) is 5.54. The number of nitrogens with zero attached hydrogens (tertiary/aromatic N) is 3. The summed E-state index contributed by atoms with van der Waals surface area (Å²) in [6.45, 7) is 8.55. The Labute approximate surface area is 92.4 Å². The molecule has 1 rings (SSSR count). The van der Waals surface area contributed by atoms with Crippen molar-refractivity contribution in [1.29, 1.82) is 5.26 Å². The van der Waals surface area contributed by atoms with Crippen LogP contribution in [0.1, 0.15) is 13.8 Å². The molecule has 0 aromatic heterocycles. The highest BCUT2D eigenvalue weighted by atomic mass is 16.5. The van der Waals surface area contributed by atoms with Crippen molar-refractivity contribution in [3.8, 4) is 6.07 Å². The van der Waals surface area contributed by atoms with Crippen LogP contribution in [0.2, 0.25) is 0 Å². The SMILES string of the molecule is CC(C)N1CCOC(CN(C)CC#N)C1. The number of rotatable bonds is 4. The molecular weight excluding hydrogens is 190 g/mol. The van der Waals surface area contributed by atoms with Gasteiger partial charge in [0.15, 0.2) is 0 Å². The van der Waals surface area contributed by atoms with Gasteiger partial charge in [-0.15, -0.1) is 0 Å². The zero-order chi connectivity index (χ0) is 11.3. The summed E-state index contributed by atoms with van der Waals surface area (Å²) in [5, 5.41) is 8.56. The molecule has 4 nitrogen and oxygen atoms in total. The summed E-state index contributed by atoms with van der Waals surface area (Å²) >= 11 is 0. The Morgan fingerprint density at radius 2 is 2.33 bits per heavy atom. The van der Waals surface area contributed by atoms with Gasteiger partial charge in [-0.1, -0.05) is 0 Å². The summed E-state index contributed by atoms with van der Waals surface area (Å²) in [5.41, 5.74) is 0. The molecule has 1 unspecified atom stereocenters. The van der Waals surface area contributed by atoms with Crippen molar-refractivity contribution < 1.29 is 4.74 Å². The summed E-state index contributed by atoms with van der Waals surface area (Å²) in [6, 6.07) is 2.73. The van der Waals surface area contributed by atoms with E-state index in [4.69, 9.17) is 10.00 Å². The van der Waals surface area contributed by atoms with Gasteiger partial charge in [-0.2, -0.15) is 5.26 Å². The summed E-state index contributed by atoms with van der Waals surface area (Å²) in [7, 11) is 1.96. The zero-order valence-electron chi connectivity index (χ0n) is 9.94. The highest BCUT2D eigenvalue weighted by Gasteiger charge is 2.22. The second-order valence-corrected chi connectivity index (χ2v) is 4.44. The quantitative estimate of drug-likeness (QED) is 0.637. The molecule has 0 bridgehead atoms. The second kappa shape index (κ2) is 6.06. The van der Waals surface area contributed by atoms with Crippen molar-refractivity contribution >= 4 is 0 Å². The summed E-state index contributed by atoms with van der Waals surface area (Å²) in [5.74, 6) is 0. The van der Waals surface area contributed by atoms with Crippen molar-refractivity contribution in [2.45, 2.75) is 26.0 Å². The highest BCUT2D eigenvalue weighted by Crippen LogP contribution is 2.09. The molecule has 1 heterocycles. The van der Waals surface area contributed by atoms with E-state index in [0.29, 0.717) is 12.6 Å². The Kier molecular flexibility index (Phi) is 5.03. The minimum atomic E-state index is 0.250. The number of likely N-dealkylation sites (N-methyl/N-ethyl adjacent to an activating group) is 1. The topological polar surface area (TPSA) is 39.5 Å². The van der Waals surface area contributed by atoms with Gasteiger partial charge in [0, 0.05) is 25.7 Å². The van der Waals surface area contributed by atoms with Crippen LogP contribution in [0.25, 0.3) is 0 Å². The summed E-state index contributed by atoms with van der Waals surface area (Å²) in [6.07, 6.45) is 0.250. The molecule has 1 aliphatic rings. The van der Waals surface area contributed by atoms with Gasteiger partial charge in [-0.05, 0) is 20.9 Å². The van der Waals surface area contributed by atoms with E-state index in [9.17, 15) is 0 Å². The molecular formula is C11H21N3O. The summed E-state index contributed by atoms with van der Waals surface area (Å²) in [4.78, 5) is 4.43. The highest BCUT2D eigenvalue weighted by molar-refractivity contribution is 4.80. The predicted octanol–water partition coefficient (Wildman–Crippen LogP) is 0.551. The summed E-state index contributed by atoms with van der Waals surface area (Å²) < 4.78 is 5.68. The third-order valence-electron chi connectivity index (χ3n) is 2.76. The van der Waals surface area contributed by atoms with E-state index in [-0.39, 0.29) is 6.10 Å². The predicted molar refractivity (Wildman–Crippen MR) is 59.6 cm³/mol. The van der Waals surface area contributed by atoms with Gasteiger partial charge in [-0.3, -0.25) is 9.80 Å². The fraction of sp³-hybridized carbons (Fsp3) is 0.909. The van der Waals surface area contributed by atoms with Gasteiger partial charge in [0.1, 0.15) is 0 Å². The minimum Gasteiger partial charge on any atom is -0.374 e. The molecule has 1 fully saturated rings. The van der Waals surface area contributed by atoms with Gasteiger partial charge >= 0.3 is 0 Å². The van der Waals surface area contributed by atoms with Crippen LogP contribution < -0.4 is 0 Å². The van der Waals surface area contributed by atoms with E-state index in [1.807, 2.05) is 11.9 Å². The lowest BCUT2D eigenvalue weighted by molar-refractivity contribution is -0.0483. The van der Waals surface area contributed by atoms with Crippen molar-refractivity contribution in [1.82, 2.24) is 9.80 Å². The molecule has 1 saturated heterocycles. The average molecular weight is 211 g/mol. The molecule has 0 saturated carbocycles. The molecule has 0 N–H and O–H groups in total. The lowest BCUT2D eigenvalue weighted by Gasteiger charge is -2.36.